The first-order chi connectivity index (χ1) is 10.2. The fourth-order valence-corrected chi connectivity index (χ4v) is 2.17. The first-order valence-electron chi connectivity index (χ1n) is 6.60. The standard InChI is InChI=1S/C14H15ClN6/c1-10(14-7-16-20-19-14)18-13-6-17-21(9-13)8-11-2-4-12(15)5-3-11/h2-7,9-10,18H,8H2,1H3,(H,16,19,20). The largest absolute Gasteiger partial charge is 0.374 e. The molecule has 108 valence electrons. The van der Waals surface area contributed by atoms with Crippen LogP contribution in [0.5, 0.6) is 0 Å². The lowest BCUT2D eigenvalue weighted by atomic mass is 10.2. The van der Waals surface area contributed by atoms with E-state index in [1.165, 1.54) is 0 Å². The van der Waals surface area contributed by atoms with Gasteiger partial charge in [-0.15, -0.1) is 0 Å². The van der Waals surface area contributed by atoms with Crippen LogP contribution in [0.2, 0.25) is 5.02 Å². The molecule has 3 aromatic rings. The zero-order valence-corrected chi connectivity index (χ0v) is 12.2. The quantitative estimate of drug-likeness (QED) is 0.760. The van der Waals surface area contributed by atoms with Crippen LogP contribution >= 0.6 is 11.6 Å². The number of benzene rings is 1. The van der Waals surface area contributed by atoms with E-state index in [4.69, 9.17) is 11.6 Å². The van der Waals surface area contributed by atoms with Gasteiger partial charge in [-0.25, -0.2) is 0 Å². The van der Waals surface area contributed by atoms with Crippen LogP contribution in [0.25, 0.3) is 0 Å². The molecule has 0 radical (unpaired) electrons. The maximum atomic E-state index is 5.88. The fourth-order valence-electron chi connectivity index (χ4n) is 2.04. The predicted octanol–water partition coefficient (Wildman–Crippen LogP) is 2.88. The van der Waals surface area contributed by atoms with Gasteiger partial charge in [-0.3, -0.25) is 4.68 Å². The summed E-state index contributed by atoms with van der Waals surface area (Å²) in [5, 5.41) is 18.9. The first-order valence-corrected chi connectivity index (χ1v) is 6.97. The van der Waals surface area contributed by atoms with Crippen LogP contribution in [-0.4, -0.2) is 25.2 Å². The van der Waals surface area contributed by atoms with Crippen molar-refractivity contribution in [3.8, 4) is 0 Å². The molecule has 3 rings (SSSR count). The van der Waals surface area contributed by atoms with Crippen molar-refractivity contribution < 1.29 is 0 Å². The van der Waals surface area contributed by atoms with Gasteiger partial charge in [0.25, 0.3) is 0 Å². The van der Waals surface area contributed by atoms with Crippen LogP contribution in [-0.2, 0) is 6.54 Å². The Bertz CT molecular complexity index is 689. The number of rotatable bonds is 5. The van der Waals surface area contributed by atoms with Gasteiger partial charge in [0.1, 0.15) is 5.69 Å². The van der Waals surface area contributed by atoms with Gasteiger partial charge in [-0.1, -0.05) is 23.7 Å². The number of halogens is 1. The van der Waals surface area contributed by atoms with Crippen molar-refractivity contribution in [2.75, 3.05) is 5.32 Å². The molecule has 2 aromatic heterocycles. The van der Waals surface area contributed by atoms with Crippen molar-refractivity contribution in [2.45, 2.75) is 19.5 Å². The number of hydrogen-bond donors (Lipinski definition) is 2. The number of aromatic amines is 1. The molecule has 0 aliphatic rings. The van der Waals surface area contributed by atoms with E-state index in [-0.39, 0.29) is 6.04 Å². The highest BCUT2D eigenvalue weighted by molar-refractivity contribution is 6.30. The highest BCUT2D eigenvalue weighted by Gasteiger charge is 2.09. The van der Waals surface area contributed by atoms with Crippen molar-refractivity contribution in [3.63, 3.8) is 0 Å². The molecule has 0 spiro atoms. The molecule has 6 nitrogen and oxygen atoms in total. The number of hydrogen-bond acceptors (Lipinski definition) is 4. The number of nitrogens with zero attached hydrogens (tertiary/aromatic N) is 4. The van der Waals surface area contributed by atoms with E-state index in [9.17, 15) is 0 Å². The van der Waals surface area contributed by atoms with Gasteiger partial charge in [0.05, 0.1) is 30.7 Å². The number of aromatic nitrogens is 5. The Morgan fingerprint density at radius 2 is 2.10 bits per heavy atom. The van der Waals surface area contributed by atoms with Gasteiger partial charge in [-0.05, 0) is 24.6 Å². The van der Waals surface area contributed by atoms with E-state index in [1.54, 1.807) is 12.4 Å². The summed E-state index contributed by atoms with van der Waals surface area (Å²) in [5.41, 5.74) is 2.96. The van der Waals surface area contributed by atoms with Gasteiger partial charge < -0.3 is 5.32 Å². The second-order valence-corrected chi connectivity index (χ2v) is 5.25. The normalized spacial score (nSPS) is 12.3. The molecule has 21 heavy (non-hydrogen) atoms. The van der Waals surface area contributed by atoms with Crippen LogP contribution in [0, 0.1) is 0 Å². The monoisotopic (exact) mass is 302 g/mol. The van der Waals surface area contributed by atoms with Crippen LogP contribution in [0.1, 0.15) is 24.2 Å². The zero-order valence-electron chi connectivity index (χ0n) is 11.5. The van der Waals surface area contributed by atoms with Crippen molar-refractivity contribution in [3.05, 3.63) is 59.1 Å². The van der Waals surface area contributed by atoms with Gasteiger partial charge in [0.2, 0.25) is 0 Å². The fraction of sp³-hybridized carbons (Fsp3) is 0.214. The lowest BCUT2D eigenvalue weighted by molar-refractivity contribution is 0.687. The summed E-state index contributed by atoms with van der Waals surface area (Å²) in [7, 11) is 0. The van der Waals surface area contributed by atoms with E-state index >= 15 is 0 Å². The molecule has 0 bridgehead atoms. The minimum Gasteiger partial charge on any atom is -0.374 e. The Balaban J connectivity index is 1.64. The molecule has 0 saturated heterocycles. The molecular weight excluding hydrogens is 288 g/mol. The van der Waals surface area contributed by atoms with Gasteiger partial charge >= 0.3 is 0 Å². The third-order valence-corrected chi connectivity index (χ3v) is 3.40. The summed E-state index contributed by atoms with van der Waals surface area (Å²) >= 11 is 5.88. The lowest BCUT2D eigenvalue weighted by Gasteiger charge is -2.09. The Labute approximate surface area is 127 Å². The third-order valence-electron chi connectivity index (χ3n) is 3.15. The summed E-state index contributed by atoms with van der Waals surface area (Å²) in [5.74, 6) is 0. The summed E-state index contributed by atoms with van der Waals surface area (Å²) in [6.07, 6.45) is 5.47. The van der Waals surface area contributed by atoms with Gasteiger partial charge in [0.15, 0.2) is 0 Å². The van der Waals surface area contributed by atoms with Crippen LogP contribution in [0.4, 0.5) is 5.69 Å². The second-order valence-electron chi connectivity index (χ2n) is 4.81. The summed E-state index contributed by atoms with van der Waals surface area (Å²) < 4.78 is 1.88. The highest BCUT2D eigenvalue weighted by Crippen LogP contribution is 2.17. The molecule has 1 unspecified atom stereocenters. The van der Waals surface area contributed by atoms with E-state index in [0.717, 1.165) is 22.0 Å². The van der Waals surface area contributed by atoms with Crippen molar-refractivity contribution in [1.82, 2.24) is 25.2 Å². The predicted molar refractivity (Wildman–Crippen MR) is 81.2 cm³/mol. The minimum absolute atomic E-state index is 0.0666. The summed E-state index contributed by atoms with van der Waals surface area (Å²) in [6.45, 7) is 2.73. The number of nitrogens with one attached hydrogen (secondary N) is 2. The topological polar surface area (TPSA) is 71.4 Å². The Hall–Kier alpha value is -2.34. The summed E-state index contributed by atoms with van der Waals surface area (Å²) in [4.78, 5) is 0. The second kappa shape index (κ2) is 5.97. The minimum atomic E-state index is 0.0666. The van der Waals surface area contributed by atoms with Gasteiger partial charge in [0, 0.05) is 11.2 Å². The van der Waals surface area contributed by atoms with Crippen LogP contribution < -0.4 is 5.32 Å². The molecule has 2 heterocycles. The maximum Gasteiger partial charge on any atom is 0.104 e. The molecule has 7 heteroatoms. The number of anilines is 1. The van der Waals surface area contributed by atoms with Crippen molar-refractivity contribution >= 4 is 17.3 Å². The van der Waals surface area contributed by atoms with Crippen LogP contribution in [0.15, 0.2) is 42.9 Å². The van der Waals surface area contributed by atoms with E-state index < -0.39 is 0 Å². The maximum absolute atomic E-state index is 5.88. The van der Waals surface area contributed by atoms with Crippen molar-refractivity contribution in [1.29, 1.82) is 0 Å². The van der Waals surface area contributed by atoms with E-state index in [1.807, 2.05) is 42.1 Å². The Kier molecular flexibility index (Phi) is 3.87. The molecule has 0 fully saturated rings. The molecule has 0 saturated carbocycles. The molecule has 0 amide bonds. The molecule has 2 N–H and O–H groups in total. The number of H-pyrrole nitrogens is 1. The molecule has 1 aromatic carbocycles. The SMILES string of the molecule is CC(Nc1cnn(Cc2ccc(Cl)cc2)c1)c1cn[nH]n1. The molecule has 0 aliphatic carbocycles. The smallest absolute Gasteiger partial charge is 0.104 e. The zero-order chi connectivity index (χ0) is 14.7. The summed E-state index contributed by atoms with van der Waals surface area (Å²) in [6, 6.07) is 7.82. The Morgan fingerprint density at radius 1 is 1.29 bits per heavy atom. The third kappa shape index (κ3) is 3.41. The van der Waals surface area contributed by atoms with E-state index in [0.29, 0.717) is 6.54 Å². The lowest BCUT2D eigenvalue weighted by Crippen LogP contribution is -2.06. The average Bonchev–Trinajstić information content (AvgIpc) is 3.13. The Morgan fingerprint density at radius 3 is 2.81 bits per heavy atom. The van der Waals surface area contributed by atoms with Gasteiger partial charge in [-0.2, -0.15) is 20.5 Å². The first kappa shape index (κ1) is 13.6. The molecule has 1 atom stereocenters. The highest BCUT2D eigenvalue weighted by atomic mass is 35.5. The molecule has 0 aliphatic heterocycles. The van der Waals surface area contributed by atoms with Crippen molar-refractivity contribution in [2.24, 2.45) is 0 Å². The molecular formula is C14H15ClN6. The van der Waals surface area contributed by atoms with Crippen LogP contribution in [0.3, 0.4) is 0 Å². The van der Waals surface area contributed by atoms with E-state index in [2.05, 4.69) is 25.8 Å². The average molecular weight is 303 g/mol.